The van der Waals surface area contributed by atoms with Crippen LogP contribution in [0.4, 0.5) is 10.5 Å². The number of aromatic carboxylic acids is 1. The molecular weight excluding hydrogens is 286 g/mol. The summed E-state index contributed by atoms with van der Waals surface area (Å²) in [6.45, 7) is 5.33. The largest absolute Gasteiger partial charge is 0.477 e. The molecule has 0 aliphatic heterocycles. The Kier molecular flexibility index (Phi) is 4.16. The number of hydrogen-bond acceptors (Lipinski definition) is 4. The van der Waals surface area contributed by atoms with Crippen LogP contribution in [0.25, 0.3) is 11.3 Å². The van der Waals surface area contributed by atoms with Gasteiger partial charge in [-0.1, -0.05) is 12.1 Å². The van der Waals surface area contributed by atoms with Gasteiger partial charge in [0.05, 0.1) is 5.69 Å². The van der Waals surface area contributed by atoms with Crippen LogP contribution in [0.5, 0.6) is 0 Å². The number of anilines is 1. The van der Waals surface area contributed by atoms with Crippen molar-refractivity contribution in [2.75, 3.05) is 5.32 Å². The number of nitrogens with one attached hydrogen (secondary N) is 2. The average Bonchev–Trinajstić information content (AvgIpc) is 2.86. The Labute approximate surface area is 127 Å². The maximum atomic E-state index is 11.7. The van der Waals surface area contributed by atoms with E-state index in [1.54, 1.807) is 45.0 Å². The molecule has 0 saturated carbocycles. The molecule has 22 heavy (non-hydrogen) atoms. The highest BCUT2D eigenvalue weighted by Crippen LogP contribution is 2.22. The van der Waals surface area contributed by atoms with Gasteiger partial charge in [0.2, 0.25) is 0 Å². The number of benzene rings is 1. The molecule has 0 bridgehead atoms. The van der Waals surface area contributed by atoms with Gasteiger partial charge in [0.15, 0.2) is 0 Å². The van der Waals surface area contributed by atoms with E-state index in [9.17, 15) is 9.59 Å². The summed E-state index contributed by atoms with van der Waals surface area (Å²) in [5.41, 5.74) is 1.11. The first-order valence-electron chi connectivity index (χ1n) is 6.64. The Bertz CT molecular complexity index is 701. The minimum absolute atomic E-state index is 0.000467. The van der Waals surface area contributed by atoms with E-state index >= 15 is 0 Å². The Morgan fingerprint density at radius 1 is 1.27 bits per heavy atom. The van der Waals surface area contributed by atoms with E-state index in [4.69, 9.17) is 9.84 Å². The molecule has 3 N–H and O–H groups in total. The van der Waals surface area contributed by atoms with Crippen molar-refractivity contribution in [3.05, 3.63) is 36.0 Å². The first-order chi connectivity index (χ1) is 10.2. The molecule has 1 aromatic heterocycles. The molecule has 1 amide bonds. The SMILES string of the molecule is CC(C)(C)OC(=O)Nc1cccc(-c2cc(C(=O)O)[nH]n2)c1. The van der Waals surface area contributed by atoms with Gasteiger partial charge in [-0.2, -0.15) is 5.10 Å². The van der Waals surface area contributed by atoms with E-state index in [1.165, 1.54) is 6.07 Å². The quantitative estimate of drug-likeness (QED) is 0.808. The number of carbonyl (C=O) groups excluding carboxylic acids is 1. The number of carboxylic acid groups (broad SMARTS) is 1. The number of aromatic nitrogens is 2. The minimum Gasteiger partial charge on any atom is -0.477 e. The third-order valence-electron chi connectivity index (χ3n) is 2.61. The fourth-order valence-corrected chi connectivity index (χ4v) is 1.76. The smallest absolute Gasteiger partial charge is 0.412 e. The van der Waals surface area contributed by atoms with Crippen molar-refractivity contribution in [2.45, 2.75) is 26.4 Å². The van der Waals surface area contributed by atoms with E-state index in [-0.39, 0.29) is 5.69 Å². The topological polar surface area (TPSA) is 104 Å². The van der Waals surface area contributed by atoms with Gasteiger partial charge in [-0.05, 0) is 39.0 Å². The first kappa shape index (κ1) is 15.6. The number of rotatable bonds is 3. The molecule has 0 spiro atoms. The number of ether oxygens (including phenoxy) is 1. The van der Waals surface area contributed by atoms with Gasteiger partial charge in [-0.15, -0.1) is 0 Å². The van der Waals surface area contributed by atoms with Crippen molar-refractivity contribution in [1.29, 1.82) is 0 Å². The lowest BCUT2D eigenvalue weighted by molar-refractivity contribution is 0.0634. The van der Waals surface area contributed by atoms with Crippen molar-refractivity contribution in [1.82, 2.24) is 10.2 Å². The standard InChI is InChI=1S/C15H17N3O4/c1-15(2,3)22-14(21)16-10-6-4-5-9(7-10)11-8-12(13(19)20)18-17-11/h4-8H,1-3H3,(H,16,21)(H,17,18)(H,19,20). The molecule has 1 aromatic carbocycles. The number of nitrogens with zero attached hydrogens (tertiary/aromatic N) is 1. The summed E-state index contributed by atoms with van der Waals surface area (Å²) in [4.78, 5) is 22.6. The number of aromatic amines is 1. The summed E-state index contributed by atoms with van der Waals surface area (Å²) < 4.78 is 5.17. The zero-order valence-electron chi connectivity index (χ0n) is 12.5. The molecule has 0 radical (unpaired) electrons. The predicted octanol–water partition coefficient (Wildman–Crippen LogP) is 3.12. The Morgan fingerprint density at radius 2 is 2.00 bits per heavy atom. The third kappa shape index (κ3) is 4.08. The zero-order chi connectivity index (χ0) is 16.3. The van der Waals surface area contributed by atoms with Gasteiger partial charge in [-0.3, -0.25) is 10.4 Å². The number of carboxylic acids is 1. The summed E-state index contributed by atoms with van der Waals surface area (Å²) >= 11 is 0. The molecule has 116 valence electrons. The molecule has 2 rings (SSSR count). The van der Waals surface area contributed by atoms with Gasteiger partial charge >= 0.3 is 12.1 Å². The molecule has 1 heterocycles. The lowest BCUT2D eigenvalue weighted by atomic mass is 10.1. The second-order valence-electron chi connectivity index (χ2n) is 5.68. The van der Waals surface area contributed by atoms with Crippen molar-refractivity contribution in [3.63, 3.8) is 0 Å². The highest BCUT2D eigenvalue weighted by Gasteiger charge is 2.16. The predicted molar refractivity (Wildman–Crippen MR) is 80.8 cm³/mol. The molecule has 0 aliphatic carbocycles. The van der Waals surface area contributed by atoms with Crippen LogP contribution in [0.3, 0.4) is 0 Å². The molecule has 0 atom stereocenters. The third-order valence-corrected chi connectivity index (χ3v) is 2.61. The lowest BCUT2D eigenvalue weighted by Crippen LogP contribution is -2.27. The van der Waals surface area contributed by atoms with Crippen LogP contribution in [0.15, 0.2) is 30.3 Å². The Balaban J connectivity index is 2.16. The van der Waals surface area contributed by atoms with Crippen molar-refractivity contribution < 1.29 is 19.4 Å². The van der Waals surface area contributed by atoms with Crippen LogP contribution >= 0.6 is 0 Å². The maximum absolute atomic E-state index is 11.7. The summed E-state index contributed by atoms with van der Waals surface area (Å²) in [7, 11) is 0. The number of H-pyrrole nitrogens is 1. The number of hydrogen-bond donors (Lipinski definition) is 3. The molecule has 0 saturated heterocycles. The Morgan fingerprint density at radius 3 is 2.59 bits per heavy atom. The lowest BCUT2D eigenvalue weighted by Gasteiger charge is -2.19. The molecule has 2 aromatic rings. The summed E-state index contributed by atoms with van der Waals surface area (Å²) in [6.07, 6.45) is -0.557. The van der Waals surface area contributed by atoms with Crippen LogP contribution in [-0.4, -0.2) is 33.0 Å². The zero-order valence-corrected chi connectivity index (χ0v) is 12.5. The maximum Gasteiger partial charge on any atom is 0.412 e. The summed E-state index contributed by atoms with van der Waals surface area (Å²) in [5, 5.41) is 17.9. The minimum atomic E-state index is -1.08. The number of amides is 1. The monoisotopic (exact) mass is 303 g/mol. The fourth-order valence-electron chi connectivity index (χ4n) is 1.76. The molecule has 7 heteroatoms. The molecule has 0 unspecified atom stereocenters. The normalized spacial score (nSPS) is 11.0. The van der Waals surface area contributed by atoms with Gasteiger partial charge in [0, 0.05) is 11.3 Å². The average molecular weight is 303 g/mol. The van der Waals surface area contributed by atoms with Crippen LogP contribution in [0.2, 0.25) is 0 Å². The van der Waals surface area contributed by atoms with E-state index in [1.807, 2.05) is 0 Å². The fraction of sp³-hybridized carbons (Fsp3) is 0.267. The van der Waals surface area contributed by atoms with Gasteiger partial charge < -0.3 is 9.84 Å². The molecular formula is C15H17N3O4. The van der Waals surface area contributed by atoms with Crippen LogP contribution in [0, 0.1) is 0 Å². The van der Waals surface area contributed by atoms with Crippen molar-refractivity contribution in [3.8, 4) is 11.3 Å². The van der Waals surface area contributed by atoms with Crippen LogP contribution < -0.4 is 5.32 Å². The van der Waals surface area contributed by atoms with Gasteiger partial charge in [-0.25, -0.2) is 9.59 Å². The van der Waals surface area contributed by atoms with Crippen LogP contribution in [-0.2, 0) is 4.74 Å². The summed E-state index contributed by atoms with van der Waals surface area (Å²) in [6, 6.07) is 8.32. The van der Waals surface area contributed by atoms with Crippen molar-refractivity contribution >= 4 is 17.7 Å². The second-order valence-corrected chi connectivity index (χ2v) is 5.68. The van der Waals surface area contributed by atoms with Gasteiger partial charge in [0.1, 0.15) is 11.3 Å². The van der Waals surface area contributed by atoms with Crippen molar-refractivity contribution in [2.24, 2.45) is 0 Å². The molecule has 0 fully saturated rings. The van der Waals surface area contributed by atoms with E-state index in [0.29, 0.717) is 16.9 Å². The van der Waals surface area contributed by atoms with E-state index in [0.717, 1.165) is 0 Å². The van der Waals surface area contributed by atoms with E-state index in [2.05, 4.69) is 15.5 Å². The second kappa shape index (κ2) is 5.88. The first-order valence-corrected chi connectivity index (χ1v) is 6.64. The van der Waals surface area contributed by atoms with Gasteiger partial charge in [0.25, 0.3) is 0 Å². The molecule has 7 nitrogen and oxygen atoms in total. The highest BCUT2D eigenvalue weighted by molar-refractivity contribution is 5.88. The van der Waals surface area contributed by atoms with E-state index < -0.39 is 17.7 Å². The molecule has 0 aliphatic rings. The highest BCUT2D eigenvalue weighted by atomic mass is 16.6. The van der Waals surface area contributed by atoms with Crippen LogP contribution in [0.1, 0.15) is 31.3 Å². The Hall–Kier alpha value is -2.83. The summed E-state index contributed by atoms with van der Waals surface area (Å²) in [5.74, 6) is -1.08. The number of carbonyl (C=O) groups is 2.